The molecule has 1 saturated heterocycles. The van der Waals surface area contributed by atoms with Crippen molar-refractivity contribution in [2.45, 2.75) is 25.4 Å². The SMILES string of the molecule is CC1COC(CO)CN1CCOC(F)(F)F. The minimum absolute atomic E-state index is 0.0413. The van der Waals surface area contributed by atoms with Gasteiger partial charge in [0.15, 0.2) is 0 Å². The molecule has 0 radical (unpaired) electrons. The topological polar surface area (TPSA) is 41.9 Å². The second-order valence-corrected chi connectivity index (χ2v) is 3.78. The molecule has 0 aliphatic carbocycles. The minimum Gasteiger partial charge on any atom is -0.394 e. The Hall–Kier alpha value is -0.370. The predicted octanol–water partition coefficient (Wildman–Crippen LogP) is 0.604. The van der Waals surface area contributed by atoms with Crippen molar-refractivity contribution in [2.75, 3.05) is 32.9 Å². The number of aliphatic hydroxyl groups excluding tert-OH is 1. The molecule has 16 heavy (non-hydrogen) atoms. The number of hydrogen-bond acceptors (Lipinski definition) is 4. The van der Waals surface area contributed by atoms with Crippen LogP contribution in [0.15, 0.2) is 0 Å². The van der Waals surface area contributed by atoms with Gasteiger partial charge in [0.2, 0.25) is 0 Å². The van der Waals surface area contributed by atoms with Crippen molar-refractivity contribution in [3.8, 4) is 0 Å². The maximum absolute atomic E-state index is 11.7. The Morgan fingerprint density at radius 1 is 1.50 bits per heavy atom. The lowest BCUT2D eigenvalue weighted by molar-refractivity contribution is -0.325. The lowest BCUT2D eigenvalue weighted by Crippen LogP contribution is -2.50. The largest absolute Gasteiger partial charge is 0.522 e. The van der Waals surface area contributed by atoms with Crippen molar-refractivity contribution < 1.29 is 27.8 Å². The number of hydrogen-bond donors (Lipinski definition) is 1. The average molecular weight is 243 g/mol. The van der Waals surface area contributed by atoms with Gasteiger partial charge in [0.25, 0.3) is 0 Å². The van der Waals surface area contributed by atoms with Gasteiger partial charge in [-0.1, -0.05) is 0 Å². The predicted molar refractivity (Wildman–Crippen MR) is 49.9 cm³/mol. The van der Waals surface area contributed by atoms with Crippen LogP contribution in [0.1, 0.15) is 6.92 Å². The van der Waals surface area contributed by atoms with E-state index in [2.05, 4.69) is 4.74 Å². The fourth-order valence-corrected chi connectivity index (χ4v) is 1.58. The van der Waals surface area contributed by atoms with E-state index in [0.29, 0.717) is 13.2 Å². The summed E-state index contributed by atoms with van der Waals surface area (Å²) in [6.45, 7) is 2.37. The first-order valence-corrected chi connectivity index (χ1v) is 5.09. The lowest BCUT2D eigenvalue weighted by Gasteiger charge is -2.37. The molecule has 1 N–H and O–H groups in total. The summed E-state index contributed by atoms with van der Waals surface area (Å²) < 4.78 is 44.2. The summed E-state index contributed by atoms with van der Waals surface area (Å²) in [6.07, 6.45) is -4.89. The van der Waals surface area contributed by atoms with Crippen LogP contribution >= 0.6 is 0 Å². The normalized spacial score (nSPS) is 28.3. The van der Waals surface area contributed by atoms with Crippen LogP contribution in [0.25, 0.3) is 0 Å². The van der Waals surface area contributed by atoms with E-state index in [1.54, 1.807) is 0 Å². The minimum atomic E-state index is -4.58. The van der Waals surface area contributed by atoms with Gasteiger partial charge in [-0.2, -0.15) is 0 Å². The molecule has 0 aromatic heterocycles. The first kappa shape index (κ1) is 13.7. The Morgan fingerprint density at radius 3 is 2.75 bits per heavy atom. The fourth-order valence-electron chi connectivity index (χ4n) is 1.58. The van der Waals surface area contributed by atoms with Gasteiger partial charge >= 0.3 is 6.36 Å². The monoisotopic (exact) mass is 243 g/mol. The van der Waals surface area contributed by atoms with E-state index in [9.17, 15) is 13.2 Å². The highest BCUT2D eigenvalue weighted by atomic mass is 19.4. The summed E-state index contributed by atoms with van der Waals surface area (Å²) in [5.41, 5.74) is 0. The molecule has 1 heterocycles. The molecule has 2 unspecified atom stereocenters. The second kappa shape index (κ2) is 5.81. The van der Waals surface area contributed by atoms with Gasteiger partial charge in [0, 0.05) is 19.1 Å². The van der Waals surface area contributed by atoms with Gasteiger partial charge in [0.05, 0.1) is 25.9 Å². The number of ether oxygens (including phenoxy) is 2. The molecule has 2 atom stereocenters. The summed E-state index contributed by atoms with van der Waals surface area (Å²) in [6, 6.07) is 0.0413. The molecule has 1 aliphatic rings. The smallest absolute Gasteiger partial charge is 0.394 e. The lowest BCUT2D eigenvalue weighted by atomic mass is 10.2. The number of halogens is 3. The molecule has 0 spiro atoms. The Morgan fingerprint density at radius 2 is 2.19 bits per heavy atom. The quantitative estimate of drug-likeness (QED) is 0.785. The van der Waals surface area contributed by atoms with Gasteiger partial charge in [-0.05, 0) is 6.92 Å². The number of alkyl halides is 3. The zero-order chi connectivity index (χ0) is 12.2. The van der Waals surface area contributed by atoms with E-state index in [4.69, 9.17) is 9.84 Å². The Labute approximate surface area is 91.9 Å². The molecule has 0 aromatic carbocycles. The van der Waals surface area contributed by atoms with E-state index in [0.717, 1.165) is 0 Å². The van der Waals surface area contributed by atoms with Crippen LogP contribution in [0.4, 0.5) is 13.2 Å². The number of morpholine rings is 1. The summed E-state index contributed by atoms with van der Waals surface area (Å²) in [5, 5.41) is 8.89. The first-order chi connectivity index (χ1) is 7.42. The van der Waals surface area contributed by atoms with Crippen LogP contribution in [0.5, 0.6) is 0 Å². The van der Waals surface area contributed by atoms with E-state index in [1.165, 1.54) is 0 Å². The first-order valence-electron chi connectivity index (χ1n) is 5.09. The summed E-state index contributed by atoms with van der Waals surface area (Å²) >= 11 is 0. The van der Waals surface area contributed by atoms with Crippen LogP contribution in [0.2, 0.25) is 0 Å². The summed E-state index contributed by atoms with van der Waals surface area (Å²) in [5.74, 6) is 0. The van der Waals surface area contributed by atoms with Crippen molar-refractivity contribution in [3.63, 3.8) is 0 Å². The molecule has 0 bridgehead atoms. The van der Waals surface area contributed by atoms with Crippen molar-refractivity contribution in [1.82, 2.24) is 4.90 Å². The van der Waals surface area contributed by atoms with Crippen LogP contribution in [-0.4, -0.2) is 61.4 Å². The molecule has 1 fully saturated rings. The van der Waals surface area contributed by atoms with E-state index in [-0.39, 0.29) is 25.3 Å². The zero-order valence-electron chi connectivity index (χ0n) is 9.04. The molecular formula is C9H16F3NO3. The van der Waals surface area contributed by atoms with E-state index < -0.39 is 13.0 Å². The highest BCUT2D eigenvalue weighted by molar-refractivity contribution is 4.76. The molecule has 0 amide bonds. The summed E-state index contributed by atoms with van der Waals surface area (Å²) in [4.78, 5) is 1.82. The molecule has 4 nitrogen and oxygen atoms in total. The fraction of sp³-hybridized carbons (Fsp3) is 1.00. The van der Waals surface area contributed by atoms with Crippen LogP contribution in [0.3, 0.4) is 0 Å². The maximum atomic E-state index is 11.7. The molecule has 0 saturated carbocycles. The molecule has 1 rings (SSSR count). The average Bonchev–Trinajstić information content (AvgIpc) is 2.19. The summed E-state index contributed by atoms with van der Waals surface area (Å²) in [7, 11) is 0. The van der Waals surface area contributed by atoms with Crippen molar-refractivity contribution in [2.24, 2.45) is 0 Å². The van der Waals surface area contributed by atoms with Gasteiger partial charge in [-0.15, -0.1) is 13.2 Å². The Balaban J connectivity index is 2.28. The van der Waals surface area contributed by atoms with Gasteiger partial charge in [0.1, 0.15) is 0 Å². The molecule has 0 aromatic rings. The van der Waals surface area contributed by atoms with E-state index in [1.807, 2.05) is 11.8 Å². The Bertz CT molecular complexity index is 213. The van der Waals surface area contributed by atoms with Crippen molar-refractivity contribution in [3.05, 3.63) is 0 Å². The Kier molecular flexibility index (Phi) is 4.97. The van der Waals surface area contributed by atoms with Crippen LogP contribution < -0.4 is 0 Å². The number of rotatable bonds is 4. The molecule has 7 heteroatoms. The highest BCUT2D eigenvalue weighted by Gasteiger charge is 2.30. The third kappa shape index (κ3) is 4.65. The number of aliphatic hydroxyl groups is 1. The van der Waals surface area contributed by atoms with Crippen LogP contribution in [-0.2, 0) is 9.47 Å². The molecule has 96 valence electrons. The van der Waals surface area contributed by atoms with E-state index >= 15 is 0 Å². The second-order valence-electron chi connectivity index (χ2n) is 3.78. The standard InChI is InChI=1S/C9H16F3NO3/c1-7-6-15-8(5-14)4-13(7)2-3-16-9(10,11)12/h7-8,14H,2-6H2,1H3. The highest BCUT2D eigenvalue weighted by Crippen LogP contribution is 2.17. The third-order valence-corrected chi connectivity index (χ3v) is 2.48. The third-order valence-electron chi connectivity index (χ3n) is 2.48. The van der Waals surface area contributed by atoms with Crippen molar-refractivity contribution >= 4 is 0 Å². The number of nitrogens with zero attached hydrogens (tertiary/aromatic N) is 1. The molecule has 1 aliphatic heterocycles. The zero-order valence-corrected chi connectivity index (χ0v) is 9.04. The molecular weight excluding hydrogens is 227 g/mol. The van der Waals surface area contributed by atoms with Crippen LogP contribution in [0, 0.1) is 0 Å². The van der Waals surface area contributed by atoms with Gasteiger partial charge in [-0.25, -0.2) is 0 Å². The van der Waals surface area contributed by atoms with Gasteiger partial charge < -0.3 is 9.84 Å². The maximum Gasteiger partial charge on any atom is 0.522 e. The van der Waals surface area contributed by atoms with Crippen molar-refractivity contribution in [1.29, 1.82) is 0 Å². The van der Waals surface area contributed by atoms with Gasteiger partial charge in [-0.3, -0.25) is 9.64 Å².